The first kappa shape index (κ1) is 18.3. The quantitative estimate of drug-likeness (QED) is 0.854. The van der Waals surface area contributed by atoms with Crippen LogP contribution in [-0.4, -0.2) is 11.9 Å². The van der Waals surface area contributed by atoms with Crippen molar-refractivity contribution in [3.8, 4) is 0 Å². The van der Waals surface area contributed by atoms with Crippen LogP contribution < -0.4 is 11.1 Å². The topological polar surface area (TPSA) is 55.1 Å². The fourth-order valence-electron chi connectivity index (χ4n) is 4.21. The predicted molar refractivity (Wildman–Crippen MR) is 96.5 cm³/mol. The molecule has 0 heterocycles. The highest BCUT2D eigenvalue weighted by atomic mass is 35.5. The molecule has 3 rings (SSSR count). The van der Waals surface area contributed by atoms with Crippen LogP contribution in [0.4, 0.5) is 0 Å². The summed E-state index contributed by atoms with van der Waals surface area (Å²) in [5.74, 6) is 1.15. The van der Waals surface area contributed by atoms with E-state index in [4.69, 9.17) is 5.73 Å². The molecule has 2 fully saturated rings. The van der Waals surface area contributed by atoms with Crippen LogP contribution in [0.15, 0.2) is 30.3 Å². The van der Waals surface area contributed by atoms with Crippen molar-refractivity contribution in [1.29, 1.82) is 0 Å². The van der Waals surface area contributed by atoms with E-state index in [2.05, 4.69) is 29.6 Å². The Morgan fingerprint density at radius 3 is 2.39 bits per heavy atom. The number of benzene rings is 1. The van der Waals surface area contributed by atoms with Crippen molar-refractivity contribution >= 4 is 18.3 Å². The Morgan fingerprint density at radius 2 is 1.78 bits per heavy atom. The van der Waals surface area contributed by atoms with Crippen molar-refractivity contribution in [3.63, 3.8) is 0 Å². The fourth-order valence-corrected chi connectivity index (χ4v) is 4.21. The second kappa shape index (κ2) is 8.70. The van der Waals surface area contributed by atoms with Gasteiger partial charge in [0.2, 0.25) is 5.91 Å². The van der Waals surface area contributed by atoms with Gasteiger partial charge in [0, 0.05) is 12.5 Å². The molecule has 3 nitrogen and oxygen atoms in total. The maximum Gasteiger partial charge on any atom is 0.220 e. The van der Waals surface area contributed by atoms with E-state index in [1.807, 2.05) is 6.07 Å². The molecule has 128 valence electrons. The number of hydrogen-bond acceptors (Lipinski definition) is 2. The van der Waals surface area contributed by atoms with Gasteiger partial charge in [-0.1, -0.05) is 49.6 Å². The number of nitrogens with two attached hydrogens (primary N) is 1. The maximum absolute atomic E-state index is 12.5. The van der Waals surface area contributed by atoms with E-state index in [0.29, 0.717) is 18.3 Å². The second-order valence-electron chi connectivity index (χ2n) is 7.06. The predicted octanol–water partition coefficient (Wildman–Crippen LogP) is 3.97. The van der Waals surface area contributed by atoms with Gasteiger partial charge >= 0.3 is 0 Å². The Bertz CT molecular complexity index is 487. The SMILES string of the molecule is Cl.N[C@@H]1CCC[C@H]1CC(=O)NC(c1ccccc1)C1CCCC1. The lowest BCUT2D eigenvalue weighted by molar-refractivity contribution is -0.123. The van der Waals surface area contributed by atoms with Gasteiger partial charge in [-0.15, -0.1) is 12.4 Å². The molecule has 0 bridgehead atoms. The first-order valence-electron chi connectivity index (χ1n) is 8.84. The van der Waals surface area contributed by atoms with E-state index < -0.39 is 0 Å². The van der Waals surface area contributed by atoms with Crippen LogP contribution in [-0.2, 0) is 4.79 Å². The molecule has 2 saturated carbocycles. The molecule has 1 aromatic carbocycles. The molecule has 4 heteroatoms. The van der Waals surface area contributed by atoms with Crippen molar-refractivity contribution in [3.05, 3.63) is 35.9 Å². The monoisotopic (exact) mass is 336 g/mol. The van der Waals surface area contributed by atoms with Gasteiger partial charge in [-0.3, -0.25) is 4.79 Å². The molecule has 1 amide bonds. The van der Waals surface area contributed by atoms with E-state index in [1.54, 1.807) is 0 Å². The van der Waals surface area contributed by atoms with Crippen LogP contribution in [0.5, 0.6) is 0 Å². The van der Waals surface area contributed by atoms with Gasteiger partial charge in [0.15, 0.2) is 0 Å². The zero-order valence-corrected chi connectivity index (χ0v) is 14.6. The zero-order chi connectivity index (χ0) is 15.4. The third-order valence-electron chi connectivity index (χ3n) is 5.51. The molecular formula is C19H29ClN2O. The van der Waals surface area contributed by atoms with Crippen LogP contribution in [0, 0.1) is 11.8 Å². The zero-order valence-electron chi connectivity index (χ0n) is 13.7. The highest BCUT2D eigenvalue weighted by Crippen LogP contribution is 2.36. The lowest BCUT2D eigenvalue weighted by Crippen LogP contribution is -2.36. The maximum atomic E-state index is 12.5. The molecule has 1 unspecified atom stereocenters. The van der Waals surface area contributed by atoms with Crippen molar-refractivity contribution in [2.75, 3.05) is 0 Å². The molecule has 23 heavy (non-hydrogen) atoms. The molecule has 3 atom stereocenters. The summed E-state index contributed by atoms with van der Waals surface area (Å²) < 4.78 is 0. The molecule has 2 aliphatic carbocycles. The van der Waals surface area contributed by atoms with Gasteiger partial charge in [0.05, 0.1) is 6.04 Å². The van der Waals surface area contributed by atoms with Crippen LogP contribution in [0.3, 0.4) is 0 Å². The first-order valence-corrected chi connectivity index (χ1v) is 8.84. The minimum atomic E-state index is 0. The fraction of sp³-hybridized carbons (Fsp3) is 0.632. The Kier molecular flexibility index (Phi) is 6.91. The smallest absolute Gasteiger partial charge is 0.220 e. The standard InChI is InChI=1S/C19H28N2O.ClH/c20-17-12-6-11-16(17)13-18(22)21-19(15-9-4-5-10-15)14-7-2-1-3-8-14;/h1-3,7-8,15-17,19H,4-6,9-13,20H2,(H,21,22);1H/t16-,17+,19?;/m0./s1. The highest BCUT2D eigenvalue weighted by Gasteiger charge is 2.30. The molecule has 0 aromatic heterocycles. The third-order valence-corrected chi connectivity index (χ3v) is 5.51. The van der Waals surface area contributed by atoms with Gasteiger partial charge in [-0.2, -0.15) is 0 Å². The Balaban J connectivity index is 0.00000192. The molecule has 3 N–H and O–H groups in total. The third kappa shape index (κ3) is 4.71. The molecule has 0 aliphatic heterocycles. The summed E-state index contributed by atoms with van der Waals surface area (Å²) in [5.41, 5.74) is 7.36. The van der Waals surface area contributed by atoms with Gasteiger partial charge in [0.1, 0.15) is 0 Å². The summed E-state index contributed by atoms with van der Waals surface area (Å²) >= 11 is 0. The average molecular weight is 337 g/mol. The number of nitrogens with one attached hydrogen (secondary N) is 1. The van der Waals surface area contributed by atoms with E-state index in [1.165, 1.54) is 37.7 Å². The van der Waals surface area contributed by atoms with Crippen LogP contribution in [0.25, 0.3) is 0 Å². The second-order valence-corrected chi connectivity index (χ2v) is 7.06. The minimum absolute atomic E-state index is 0. The summed E-state index contributed by atoms with van der Waals surface area (Å²) in [6.07, 6.45) is 8.97. The van der Waals surface area contributed by atoms with Crippen molar-refractivity contribution < 1.29 is 4.79 Å². The Hall–Kier alpha value is -1.06. The van der Waals surface area contributed by atoms with Crippen molar-refractivity contribution in [2.45, 2.75) is 63.5 Å². The first-order chi connectivity index (χ1) is 10.7. The number of amides is 1. The van der Waals surface area contributed by atoms with Gasteiger partial charge in [0.25, 0.3) is 0 Å². The van der Waals surface area contributed by atoms with Gasteiger partial charge < -0.3 is 11.1 Å². The van der Waals surface area contributed by atoms with Crippen LogP contribution in [0.1, 0.15) is 63.0 Å². The Labute approximate surface area is 145 Å². The Morgan fingerprint density at radius 1 is 1.09 bits per heavy atom. The molecule has 0 radical (unpaired) electrons. The highest BCUT2D eigenvalue weighted by molar-refractivity contribution is 5.85. The summed E-state index contributed by atoms with van der Waals surface area (Å²) in [4.78, 5) is 12.5. The summed E-state index contributed by atoms with van der Waals surface area (Å²) in [6.45, 7) is 0. The largest absolute Gasteiger partial charge is 0.349 e. The lowest BCUT2D eigenvalue weighted by Gasteiger charge is -2.26. The van der Waals surface area contributed by atoms with Crippen LogP contribution >= 0.6 is 12.4 Å². The number of rotatable bonds is 5. The summed E-state index contributed by atoms with van der Waals surface area (Å²) in [7, 11) is 0. The number of hydrogen-bond donors (Lipinski definition) is 2. The molecule has 2 aliphatic rings. The lowest BCUT2D eigenvalue weighted by atomic mass is 9.91. The molecule has 1 aromatic rings. The number of carbonyl (C=O) groups excluding carboxylic acids is 1. The van der Waals surface area contributed by atoms with Gasteiger partial charge in [-0.05, 0) is 43.1 Å². The summed E-state index contributed by atoms with van der Waals surface area (Å²) in [6, 6.07) is 10.8. The normalized spacial score (nSPS) is 25.8. The number of halogens is 1. The van der Waals surface area contributed by atoms with Crippen LogP contribution in [0.2, 0.25) is 0 Å². The molecule has 0 spiro atoms. The summed E-state index contributed by atoms with van der Waals surface area (Å²) in [5, 5.41) is 3.33. The van der Waals surface area contributed by atoms with E-state index in [-0.39, 0.29) is 30.4 Å². The van der Waals surface area contributed by atoms with E-state index in [9.17, 15) is 4.79 Å². The van der Waals surface area contributed by atoms with Crippen molar-refractivity contribution in [2.24, 2.45) is 17.6 Å². The van der Waals surface area contributed by atoms with E-state index in [0.717, 1.165) is 12.8 Å². The van der Waals surface area contributed by atoms with Crippen molar-refractivity contribution in [1.82, 2.24) is 5.32 Å². The molecular weight excluding hydrogens is 308 g/mol. The van der Waals surface area contributed by atoms with Gasteiger partial charge in [-0.25, -0.2) is 0 Å². The average Bonchev–Trinajstić information content (AvgIpc) is 3.18. The molecule has 0 saturated heterocycles. The number of carbonyl (C=O) groups is 1. The minimum Gasteiger partial charge on any atom is -0.349 e. The van der Waals surface area contributed by atoms with E-state index >= 15 is 0 Å².